The van der Waals surface area contributed by atoms with E-state index in [2.05, 4.69) is 61.6 Å². The van der Waals surface area contributed by atoms with Crippen molar-refractivity contribution < 1.29 is 18.0 Å². The molecule has 0 bridgehead atoms. The molecule has 0 spiro atoms. The van der Waals surface area contributed by atoms with E-state index in [0.717, 1.165) is 53.9 Å². The number of anilines is 2. The number of benzene rings is 5. The number of rotatable bonds is 15. The molecule has 56 heavy (non-hydrogen) atoms. The van der Waals surface area contributed by atoms with Gasteiger partial charge in [-0.05, 0) is 110 Å². The Morgan fingerprint density at radius 2 is 1.50 bits per heavy atom. The standard InChI is InChI=1S/C44H48ClN5O4S2/c1-31(2)46-43(51)28-37(30-55-39-10-5-4-6-11-39)47-42-22-21-40(27-32(42)3)56(53,54)48-44(52)34-15-19-38(20-16-34)50-25-23-49(24-26-50)29-35-9-7-8-12-41(35)33-13-17-36(45)18-14-33/h4-22,27,31,37,47H,23-26,28-30H2,1-3H3,(H,46,51)(H,48,52)/t37-/m1/s1. The Hall–Kier alpha value is -4.81. The topological polar surface area (TPSA) is 111 Å². The highest BCUT2D eigenvalue weighted by Crippen LogP contribution is 2.28. The zero-order valence-electron chi connectivity index (χ0n) is 31.9. The fourth-order valence-electron chi connectivity index (χ4n) is 6.69. The first kappa shape index (κ1) is 40.8. The van der Waals surface area contributed by atoms with Crippen molar-refractivity contribution in [1.82, 2.24) is 14.9 Å². The molecule has 1 atom stereocenters. The van der Waals surface area contributed by atoms with E-state index in [1.165, 1.54) is 23.3 Å². The molecule has 1 aliphatic heterocycles. The maximum absolute atomic E-state index is 13.4. The van der Waals surface area contributed by atoms with E-state index in [9.17, 15) is 18.0 Å². The molecule has 0 saturated carbocycles. The Balaban J connectivity index is 1.03. The van der Waals surface area contributed by atoms with Crippen LogP contribution in [0.3, 0.4) is 0 Å². The van der Waals surface area contributed by atoms with Crippen LogP contribution in [0.15, 0.2) is 131 Å². The maximum Gasteiger partial charge on any atom is 0.264 e. The lowest BCUT2D eigenvalue weighted by atomic mass is 9.99. The molecule has 1 saturated heterocycles. The molecule has 9 nitrogen and oxygen atoms in total. The molecule has 0 radical (unpaired) electrons. The van der Waals surface area contributed by atoms with Crippen LogP contribution in [0.2, 0.25) is 5.02 Å². The van der Waals surface area contributed by atoms with Crippen molar-refractivity contribution in [3.63, 3.8) is 0 Å². The van der Waals surface area contributed by atoms with Crippen LogP contribution in [0.5, 0.6) is 0 Å². The molecular weight excluding hydrogens is 762 g/mol. The van der Waals surface area contributed by atoms with Crippen molar-refractivity contribution in [2.45, 2.75) is 55.6 Å². The van der Waals surface area contributed by atoms with Gasteiger partial charge in [-0.15, -0.1) is 11.8 Å². The first-order valence-corrected chi connectivity index (χ1v) is 21.6. The number of thioether (sulfide) groups is 1. The van der Waals surface area contributed by atoms with Crippen molar-refractivity contribution in [3.05, 3.63) is 143 Å². The van der Waals surface area contributed by atoms with Crippen LogP contribution >= 0.6 is 23.4 Å². The smallest absolute Gasteiger partial charge is 0.264 e. The number of piperazine rings is 1. The number of nitrogens with one attached hydrogen (secondary N) is 3. The third-order valence-electron chi connectivity index (χ3n) is 9.60. The number of hydrogen-bond donors (Lipinski definition) is 3. The molecular formula is C44H48ClN5O4S2. The molecule has 3 N–H and O–H groups in total. The minimum atomic E-state index is -4.16. The molecule has 5 aromatic rings. The van der Waals surface area contributed by atoms with Crippen LogP contribution in [-0.2, 0) is 21.4 Å². The normalized spacial score (nSPS) is 14.0. The van der Waals surface area contributed by atoms with Crippen LogP contribution in [0.25, 0.3) is 11.1 Å². The van der Waals surface area contributed by atoms with E-state index >= 15 is 0 Å². The van der Waals surface area contributed by atoms with Gasteiger partial charge < -0.3 is 15.5 Å². The summed E-state index contributed by atoms with van der Waals surface area (Å²) in [6.45, 7) is 9.89. The Morgan fingerprint density at radius 3 is 2.18 bits per heavy atom. The van der Waals surface area contributed by atoms with Crippen LogP contribution in [0, 0.1) is 6.92 Å². The van der Waals surface area contributed by atoms with E-state index in [-0.39, 0.29) is 34.9 Å². The van der Waals surface area contributed by atoms with Gasteiger partial charge >= 0.3 is 0 Å². The second kappa shape index (κ2) is 18.9. The van der Waals surface area contributed by atoms with E-state index in [1.807, 2.05) is 68.4 Å². The molecule has 2 amide bonds. The number of nitrogens with zero attached hydrogens (tertiary/aromatic N) is 2. The van der Waals surface area contributed by atoms with Crippen molar-refractivity contribution in [1.29, 1.82) is 0 Å². The lowest BCUT2D eigenvalue weighted by Gasteiger charge is -2.36. The number of amides is 2. The minimum Gasteiger partial charge on any atom is -0.381 e. The third-order valence-corrected chi connectivity index (χ3v) is 12.4. The molecule has 1 heterocycles. The number of carbonyl (C=O) groups excluding carboxylic acids is 2. The first-order chi connectivity index (χ1) is 26.9. The molecule has 5 aromatic carbocycles. The first-order valence-electron chi connectivity index (χ1n) is 18.8. The summed E-state index contributed by atoms with van der Waals surface area (Å²) in [5.41, 5.74) is 6.23. The van der Waals surface area contributed by atoms with Gasteiger partial charge in [0, 0.05) is 83.8 Å². The second-order valence-corrected chi connectivity index (χ2v) is 17.5. The van der Waals surface area contributed by atoms with Gasteiger partial charge in [0.2, 0.25) is 5.91 Å². The predicted octanol–water partition coefficient (Wildman–Crippen LogP) is 8.24. The van der Waals surface area contributed by atoms with Gasteiger partial charge in [-0.3, -0.25) is 14.5 Å². The second-order valence-electron chi connectivity index (χ2n) is 14.3. The summed E-state index contributed by atoms with van der Waals surface area (Å²) in [5, 5.41) is 7.12. The number of sulfonamides is 1. The fourth-order valence-corrected chi connectivity index (χ4v) is 8.82. The molecule has 6 rings (SSSR count). The molecule has 292 valence electrons. The Bertz CT molecular complexity index is 2210. The Kier molecular flexibility index (Phi) is 13.8. The summed E-state index contributed by atoms with van der Waals surface area (Å²) in [6, 6.07) is 37.9. The van der Waals surface area contributed by atoms with E-state index in [4.69, 9.17) is 11.6 Å². The fraction of sp³-hybridized carbons (Fsp3) is 0.273. The largest absolute Gasteiger partial charge is 0.381 e. The Labute approximate surface area is 339 Å². The molecule has 0 aliphatic carbocycles. The summed E-state index contributed by atoms with van der Waals surface area (Å²) in [5.74, 6) is -0.138. The average molecular weight is 810 g/mol. The number of halogens is 1. The summed E-state index contributed by atoms with van der Waals surface area (Å²) < 4.78 is 29.0. The van der Waals surface area contributed by atoms with E-state index in [0.29, 0.717) is 17.0 Å². The molecule has 0 unspecified atom stereocenters. The van der Waals surface area contributed by atoms with Crippen LogP contribution in [-0.4, -0.2) is 69.1 Å². The van der Waals surface area contributed by atoms with Crippen molar-refractivity contribution in [3.8, 4) is 11.1 Å². The zero-order chi connectivity index (χ0) is 39.7. The molecule has 0 aromatic heterocycles. The van der Waals surface area contributed by atoms with Crippen molar-refractivity contribution >= 4 is 56.6 Å². The minimum absolute atomic E-state index is 0.0211. The van der Waals surface area contributed by atoms with Gasteiger partial charge in [-0.25, -0.2) is 13.1 Å². The number of aryl methyl sites for hydroxylation is 1. The predicted molar refractivity (Wildman–Crippen MR) is 229 cm³/mol. The SMILES string of the molecule is Cc1cc(S(=O)(=O)NC(=O)c2ccc(N3CCN(Cc4ccccc4-c4ccc(Cl)cc4)CC3)cc2)ccc1N[C@@H](CSc1ccccc1)CC(=O)NC(C)C. The van der Waals surface area contributed by atoms with Gasteiger partial charge in [-0.2, -0.15) is 0 Å². The lowest BCUT2D eigenvalue weighted by molar-refractivity contribution is -0.121. The quantitative estimate of drug-likeness (QED) is 0.0908. The molecule has 1 aliphatic rings. The maximum atomic E-state index is 13.4. The monoisotopic (exact) mass is 809 g/mol. The molecule has 1 fully saturated rings. The summed E-state index contributed by atoms with van der Waals surface area (Å²) in [6.07, 6.45) is 0.253. The Morgan fingerprint density at radius 1 is 0.821 bits per heavy atom. The van der Waals surface area contributed by atoms with Crippen LogP contribution in [0.1, 0.15) is 41.8 Å². The highest BCUT2D eigenvalue weighted by atomic mass is 35.5. The van der Waals surface area contributed by atoms with Crippen molar-refractivity contribution in [2.24, 2.45) is 0 Å². The van der Waals surface area contributed by atoms with E-state index < -0.39 is 15.9 Å². The zero-order valence-corrected chi connectivity index (χ0v) is 34.3. The van der Waals surface area contributed by atoms with Crippen LogP contribution < -0.4 is 20.3 Å². The summed E-state index contributed by atoms with van der Waals surface area (Å²) in [4.78, 5) is 31.7. The van der Waals surface area contributed by atoms with E-state index in [1.54, 1.807) is 36.9 Å². The lowest BCUT2D eigenvalue weighted by Crippen LogP contribution is -2.46. The highest BCUT2D eigenvalue weighted by molar-refractivity contribution is 7.99. The third kappa shape index (κ3) is 11.2. The van der Waals surface area contributed by atoms with Gasteiger partial charge in [-0.1, -0.05) is 66.2 Å². The van der Waals surface area contributed by atoms with Gasteiger partial charge in [0.25, 0.3) is 15.9 Å². The highest BCUT2D eigenvalue weighted by Gasteiger charge is 2.23. The average Bonchev–Trinajstić information content (AvgIpc) is 3.18. The number of hydrogen-bond acceptors (Lipinski definition) is 8. The molecule has 12 heteroatoms. The summed E-state index contributed by atoms with van der Waals surface area (Å²) in [7, 11) is -4.16. The van der Waals surface area contributed by atoms with Gasteiger partial charge in [0.15, 0.2) is 0 Å². The van der Waals surface area contributed by atoms with Crippen molar-refractivity contribution in [2.75, 3.05) is 42.1 Å². The summed E-state index contributed by atoms with van der Waals surface area (Å²) >= 11 is 7.76. The number of carbonyl (C=O) groups is 2. The van der Waals surface area contributed by atoms with Gasteiger partial charge in [0.1, 0.15) is 0 Å². The van der Waals surface area contributed by atoms with Gasteiger partial charge in [0.05, 0.1) is 4.90 Å². The van der Waals surface area contributed by atoms with Crippen LogP contribution in [0.4, 0.5) is 11.4 Å².